The van der Waals surface area contributed by atoms with Crippen molar-refractivity contribution in [2.45, 2.75) is 6.54 Å². The van der Waals surface area contributed by atoms with Gasteiger partial charge in [0.1, 0.15) is 6.07 Å². The Morgan fingerprint density at radius 1 is 1.47 bits per heavy atom. The van der Waals surface area contributed by atoms with Gasteiger partial charge in [0, 0.05) is 18.1 Å². The average Bonchev–Trinajstić information content (AvgIpc) is 2.74. The third-order valence-corrected chi connectivity index (χ3v) is 3.57. The third kappa shape index (κ3) is 2.76. The quantitative estimate of drug-likeness (QED) is 0.853. The molecule has 3 nitrogen and oxygen atoms in total. The third-order valence-electron chi connectivity index (χ3n) is 2.35. The van der Waals surface area contributed by atoms with Crippen LogP contribution < -0.4 is 4.90 Å². The smallest absolute Gasteiger partial charge is 0.101 e. The van der Waals surface area contributed by atoms with Crippen LogP contribution in [-0.2, 0) is 6.54 Å². The number of rotatable bonds is 3. The van der Waals surface area contributed by atoms with E-state index in [-0.39, 0.29) is 0 Å². The first-order chi connectivity index (χ1) is 8.20. The largest absolute Gasteiger partial charge is 0.367 e. The number of nitriles is 1. The molecular weight excluding hydrogens is 254 g/mol. The molecule has 2 aromatic rings. The fraction of sp³-hybridized carbons (Fsp3) is 0.167. The zero-order chi connectivity index (χ0) is 12.3. The molecule has 0 spiro atoms. The summed E-state index contributed by atoms with van der Waals surface area (Å²) in [6.07, 6.45) is 3.33. The minimum atomic E-state index is 0.630. The Morgan fingerprint density at radius 2 is 2.29 bits per heavy atom. The van der Waals surface area contributed by atoms with Gasteiger partial charge < -0.3 is 4.90 Å². The van der Waals surface area contributed by atoms with Crippen molar-refractivity contribution in [2.24, 2.45) is 0 Å². The number of thiophene rings is 1. The lowest BCUT2D eigenvalue weighted by Crippen LogP contribution is -2.16. The van der Waals surface area contributed by atoms with Crippen LogP contribution in [0.2, 0.25) is 4.34 Å². The first kappa shape index (κ1) is 11.9. The Bertz CT molecular complexity index is 559. The molecule has 2 aromatic heterocycles. The maximum Gasteiger partial charge on any atom is 0.101 e. The Balaban J connectivity index is 2.20. The van der Waals surface area contributed by atoms with Gasteiger partial charge in [0.15, 0.2) is 0 Å². The van der Waals surface area contributed by atoms with Crippen molar-refractivity contribution in [2.75, 3.05) is 11.9 Å². The molecule has 0 atom stereocenters. The summed E-state index contributed by atoms with van der Waals surface area (Å²) in [5, 5.41) is 9.01. The number of hydrogen-bond acceptors (Lipinski definition) is 4. The van der Waals surface area contributed by atoms with Crippen molar-refractivity contribution < 1.29 is 0 Å². The molecule has 0 aliphatic carbocycles. The van der Waals surface area contributed by atoms with E-state index in [1.165, 1.54) is 0 Å². The molecule has 0 fully saturated rings. The second-order valence-electron chi connectivity index (χ2n) is 3.57. The van der Waals surface area contributed by atoms with E-state index in [1.807, 2.05) is 24.1 Å². The fourth-order valence-electron chi connectivity index (χ4n) is 1.54. The second-order valence-corrected chi connectivity index (χ2v) is 5.37. The normalized spacial score (nSPS) is 9.94. The van der Waals surface area contributed by atoms with Gasteiger partial charge in [-0.2, -0.15) is 5.26 Å². The highest BCUT2D eigenvalue weighted by molar-refractivity contribution is 7.16. The molecule has 0 aliphatic heterocycles. The van der Waals surface area contributed by atoms with Gasteiger partial charge in [0.05, 0.1) is 28.3 Å². The zero-order valence-corrected chi connectivity index (χ0v) is 10.8. The zero-order valence-electron chi connectivity index (χ0n) is 9.22. The van der Waals surface area contributed by atoms with E-state index >= 15 is 0 Å². The summed E-state index contributed by atoms with van der Waals surface area (Å²) in [7, 11) is 1.94. The molecule has 0 aromatic carbocycles. The molecule has 0 aliphatic rings. The monoisotopic (exact) mass is 263 g/mol. The van der Waals surface area contributed by atoms with E-state index in [1.54, 1.807) is 29.8 Å². The molecule has 86 valence electrons. The molecule has 2 heterocycles. The molecule has 0 saturated carbocycles. The SMILES string of the molecule is CN(Cc1ccc(Cl)s1)c1cnccc1C#N. The van der Waals surface area contributed by atoms with Gasteiger partial charge >= 0.3 is 0 Å². The van der Waals surface area contributed by atoms with Gasteiger partial charge in [-0.3, -0.25) is 4.98 Å². The van der Waals surface area contributed by atoms with E-state index in [9.17, 15) is 0 Å². The Kier molecular flexibility index (Phi) is 3.62. The Labute approximate surface area is 109 Å². The summed E-state index contributed by atoms with van der Waals surface area (Å²) in [6, 6.07) is 7.75. The van der Waals surface area contributed by atoms with Crippen molar-refractivity contribution in [3.63, 3.8) is 0 Å². The number of pyridine rings is 1. The maximum absolute atomic E-state index is 9.01. The Hall–Kier alpha value is -1.57. The van der Waals surface area contributed by atoms with E-state index in [0.717, 1.165) is 21.4 Å². The van der Waals surface area contributed by atoms with E-state index < -0.39 is 0 Å². The van der Waals surface area contributed by atoms with Crippen molar-refractivity contribution >= 4 is 28.6 Å². The lowest BCUT2D eigenvalue weighted by molar-refractivity contribution is 0.931. The number of anilines is 1. The Morgan fingerprint density at radius 3 is 2.94 bits per heavy atom. The predicted molar refractivity (Wildman–Crippen MR) is 70.4 cm³/mol. The van der Waals surface area contributed by atoms with Crippen LogP contribution in [0.5, 0.6) is 0 Å². The number of halogens is 1. The van der Waals surface area contributed by atoms with Crippen LogP contribution in [0.1, 0.15) is 10.4 Å². The van der Waals surface area contributed by atoms with Gasteiger partial charge in [0.2, 0.25) is 0 Å². The fourth-order valence-corrected chi connectivity index (χ4v) is 2.68. The summed E-state index contributed by atoms with van der Waals surface area (Å²) in [5.41, 5.74) is 1.46. The summed E-state index contributed by atoms with van der Waals surface area (Å²) >= 11 is 7.43. The molecule has 2 rings (SSSR count). The highest BCUT2D eigenvalue weighted by atomic mass is 35.5. The highest BCUT2D eigenvalue weighted by Gasteiger charge is 2.08. The molecule has 0 amide bonds. The lowest BCUT2D eigenvalue weighted by atomic mass is 10.2. The molecule has 5 heteroatoms. The van der Waals surface area contributed by atoms with E-state index in [0.29, 0.717) is 5.56 Å². The molecule has 0 radical (unpaired) electrons. The molecule has 0 bridgehead atoms. The van der Waals surface area contributed by atoms with Crippen molar-refractivity contribution in [3.05, 3.63) is 45.4 Å². The average molecular weight is 264 g/mol. The predicted octanol–water partition coefficient (Wildman–Crippen LogP) is 3.30. The van der Waals surface area contributed by atoms with Gasteiger partial charge in [-0.05, 0) is 18.2 Å². The van der Waals surface area contributed by atoms with Crippen molar-refractivity contribution in [1.82, 2.24) is 4.98 Å². The molecular formula is C12H10ClN3S. The maximum atomic E-state index is 9.01. The summed E-state index contributed by atoms with van der Waals surface area (Å²) in [5.74, 6) is 0. The standard InChI is InChI=1S/C12H10ClN3S/c1-16(8-10-2-3-12(13)17-10)11-7-15-5-4-9(11)6-14/h2-5,7H,8H2,1H3. The van der Waals surface area contributed by atoms with Crippen LogP contribution in [0.3, 0.4) is 0 Å². The molecule has 17 heavy (non-hydrogen) atoms. The summed E-state index contributed by atoms with van der Waals surface area (Å²) in [6.45, 7) is 0.720. The van der Waals surface area contributed by atoms with Crippen LogP contribution >= 0.6 is 22.9 Å². The number of hydrogen-bond donors (Lipinski definition) is 0. The van der Waals surface area contributed by atoms with Crippen molar-refractivity contribution in [1.29, 1.82) is 5.26 Å². The van der Waals surface area contributed by atoms with Gasteiger partial charge in [-0.15, -0.1) is 11.3 Å². The minimum absolute atomic E-state index is 0.630. The molecule has 0 saturated heterocycles. The molecule has 0 unspecified atom stereocenters. The second kappa shape index (κ2) is 5.17. The highest BCUT2D eigenvalue weighted by Crippen LogP contribution is 2.25. The van der Waals surface area contributed by atoms with Gasteiger partial charge in [-0.1, -0.05) is 11.6 Å². The summed E-state index contributed by atoms with van der Waals surface area (Å²) in [4.78, 5) is 7.20. The van der Waals surface area contributed by atoms with Crippen LogP contribution in [0.15, 0.2) is 30.6 Å². The lowest BCUT2D eigenvalue weighted by Gasteiger charge is -2.18. The first-order valence-electron chi connectivity index (χ1n) is 5.00. The summed E-state index contributed by atoms with van der Waals surface area (Å²) < 4.78 is 0.778. The van der Waals surface area contributed by atoms with Crippen molar-refractivity contribution in [3.8, 4) is 6.07 Å². The number of nitrogens with zero attached hydrogens (tertiary/aromatic N) is 3. The van der Waals surface area contributed by atoms with E-state index in [4.69, 9.17) is 16.9 Å². The topological polar surface area (TPSA) is 39.9 Å². The van der Waals surface area contributed by atoms with E-state index in [2.05, 4.69) is 11.1 Å². The van der Waals surface area contributed by atoms with Gasteiger partial charge in [-0.25, -0.2) is 0 Å². The first-order valence-corrected chi connectivity index (χ1v) is 6.19. The van der Waals surface area contributed by atoms with Gasteiger partial charge in [0.25, 0.3) is 0 Å². The number of aromatic nitrogens is 1. The minimum Gasteiger partial charge on any atom is -0.367 e. The van der Waals surface area contributed by atoms with Crippen LogP contribution in [0, 0.1) is 11.3 Å². The van der Waals surface area contributed by atoms with Crippen LogP contribution in [0.4, 0.5) is 5.69 Å². The van der Waals surface area contributed by atoms with Crippen LogP contribution in [0.25, 0.3) is 0 Å². The van der Waals surface area contributed by atoms with Crippen LogP contribution in [-0.4, -0.2) is 12.0 Å². The molecule has 0 N–H and O–H groups in total.